The number of nitrogens with zero attached hydrogens (tertiary/aromatic N) is 1. The Morgan fingerprint density at radius 3 is 2.24 bits per heavy atom. The molecule has 126 valence electrons. The van der Waals surface area contributed by atoms with Crippen molar-refractivity contribution in [2.24, 2.45) is 0 Å². The summed E-state index contributed by atoms with van der Waals surface area (Å²) in [7, 11) is 0. The van der Waals surface area contributed by atoms with Crippen molar-refractivity contribution in [1.29, 1.82) is 0 Å². The number of aryl methyl sites for hydroxylation is 2. The predicted octanol–water partition coefficient (Wildman–Crippen LogP) is 4.47. The first kappa shape index (κ1) is 17.0. The van der Waals surface area contributed by atoms with Gasteiger partial charge in [0, 0.05) is 16.0 Å². The van der Waals surface area contributed by atoms with Crippen LogP contribution in [0.3, 0.4) is 0 Å². The van der Waals surface area contributed by atoms with E-state index in [4.69, 9.17) is 4.74 Å². The van der Waals surface area contributed by atoms with Gasteiger partial charge in [0.2, 0.25) is 0 Å². The lowest BCUT2D eigenvalue weighted by atomic mass is 10.1. The Hall–Kier alpha value is -2.79. The van der Waals surface area contributed by atoms with E-state index in [1.165, 1.54) is 0 Å². The number of carbonyl (C=O) groups excluding carboxylic acids is 2. The van der Waals surface area contributed by atoms with Gasteiger partial charge in [0.1, 0.15) is 0 Å². The van der Waals surface area contributed by atoms with Crippen molar-refractivity contribution in [1.82, 2.24) is 4.98 Å². The zero-order chi connectivity index (χ0) is 17.8. The second-order valence-corrected chi connectivity index (χ2v) is 6.99. The number of benzene rings is 2. The van der Waals surface area contributed by atoms with Gasteiger partial charge in [0.05, 0.1) is 16.3 Å². The molecule has 0 amide bonds. The second-order valence-electron chi connectivity index (χ2n) is 5.58. The molecule has 0 fully saturated rings. The summed E-state index contributed by atoms with van der Waals surface area (Å²) in [5.74, 6) is -0.735. The standard InChI is InChI=1S/C20H17NO3S/c1-13-19(21-14(2)25-13)16-8-10-17(11-9-16)20(23)24-12-18(22)15-6-4-3-5-7-15/h3-11H,12H2,1-2H3. The topological polar surface area (TPSA) is 56.3 Å². The molecule has 0 unspecified atom stereocenters. The Morgan fingerprint density at radius 1 is 0.960 bits per heavy atom. The Balaban J connectivity index is 1.65. The van der Waals surface area contributed by atoms with Gasteiger partial charge >= 0.3 is 5.97 Å². The smallest absolute Gasteiger partial charge is 0.338 e. The maximum Gasteiger partial charge on any atom is 0.338 e. The zero-order valence-corrected chi connectivity index (χ0v) is 14.8. The third-order valence-corrected chi connectivity index (χ3v) is 4.61. The van der Waals surface area contributed by atoms with Crippen molar-refractivity contribution in [2.45, 2.75) is 13.8 Å². The molecule has 0 bridgehead atoms. The van der Waals surface area contributed by atoms with E-state index in [0.29, 0.717) is 11.1 Å². The molecule has 4 nitrogen and oxygen atoms in total. The predicted molar refractivity (Wildman–Crippen MR) is 98.1 cm³/mol. The van der Waals surface area contributed by atoms with Crippen molar-refractivity contribution in [2.75, 3.05) is 6.61 Å². The van der Waals surface area contributed by atoms with E-state index < -0.39 is 5.97 Å². The number of thiazole rings is 1. The van der Waals surface area contributed by atoms with E-state index in [1.807, 2.05) is 32.0 Å². The highest BCUT2D eigenvalue weighted by Gasteiger charge is 2.13. The summed E-state index contributed by atoms with van der Waals surface area (Å²) in [6, 6.07) is 15.8. The van der Waals surface area contributed by atoms with Crippen LogP contribution in [0.2, 0.25) is 0 Å². The van der Waals surface area contributed by atoms with Crippen LogP contribution >= 0.6 is 11.3 Å². The minimum absolute atomic E-state index is 0.223. The summed E-state index contributed by atoms with van der Waals surface area (Å²) in [6.07, 6.45) is 0. The quantitative estimate of drug-likeness (QED) is 0.503. The maximum atomic E-state index is 12.1. The Morgan fingerprint density at radius 2 is 1.64 bits per heavy atom. The molecule has 0 saturated heterocycles. The van der Waals surface area contributed by atoms with Crippen LogP contribution in [0.4, 0.5) is 0 Å². The van der Waals surface area contributed by atoms with Gasteiger partial charge in [-0.15, -0.1) is 11.3 Å². The van der Waals surface area contributed by atoms with Crippen LogP contribution in [-0.2, 0) is 4.74 Å². The van der Waals surface area contributed by atoms with Crippen molar-refractivity contribution in [3.8, 4) is 11.3 Å². The van der Waals surface area contributed by atoms with Crippen molar-refractivity contribution in [3.63, 3.8) is 0 Å². The molecular formula is C20H17NO3S. The number of carbonyl (C=O) groups is 2. The molecule has 5 heteroatoms. The Labute approximate surface area is 150 Å². The fourth-order valence-corrected chi connectivity index (χ4v) is 3.32. The van der Waals surface area contributed by atoms with Crippen molar-refractivity contribution >= 4 is 23.1 Å². The van der Waals surface area contributed by atoms with Gasteiger partial charge in [0.15, 0.2) is 12.4 Å². The lowest BCUT2D eigenvalue weighted by Gasteiger charge is -2.05. The van der Waals surface area contributed by atoms with Gasteiger partial charge in [0.25, 0.3) is 0 Å². The summed E-state index contributed by atoms with van der Waals surface area (Å²) < 4.78 is 5.12. The first-order chi connectivity index (χ1) is 12.0. The number of hydrogen-bond acceptors (Lipinski definition) is 5. The van der Waals surface area contributed by atoms with Crippen LogP contribution in [0.15, 0.2) is 54.6 Å². The van der Waals surface area contributed by atoms with Crippen LogP contribution < -0.4 is 0 Å². The van der Waals surface area contributed by atoms with Crippen molar-refractivity contribution in [3.05, 3.63) is 75.6 Å². The second kappa shape index (κ2) is 7.40. The van der Waals surface area contributed by atoms with Gasteiger partial charge in [-0.3, -0.25) is 4.79 Å². The van der Waals surface area contributed by atoms with E-state index in [1.54, 1.807) is 47.7 Å². The lowest BCUT2D eigenvalue weighted by molar-refractivity contribution is 0.0475. The molecule has 3 rings (SSSR count). The summed E-state index contributed by atoms with van der Waals surface area (Å²) >= 11 is 1.64. The average molecular weight is 351 g/mol. The fraction of sp³-hybridized carbons (Fsp3) is 0.150. The molecule has 0 aliphatic rings. The van der Waals surface area contributed by atoms with E-state index in [0.717, 1.165) is 21.1 Å². The summed E-state index contributed by atoms with van der Waals surface area (Å²) in [6.45, 7) is 3.73. The van der Waals surface area contributed by atoms with Gasteiger partial charge < -0.3 is 4.74 Å². The number of ether oxygens (including phenoxy) is 1. The highest BCUT2D eigenvalue weighted by Crippen LogP contribution is 2.27. The van der Waals surface area contributed by atoms with Crippen LogP contribution in [0.1, 0.15) is 30.6 Å². The van der Waals surface area contributed by atoms with E-state index >= 15 is 0 Å². The number of Topliss-reactive ketones (excluding diaryl/α,β-unsaturated/α-hetero) is 1. The van der Waals surface area contributed by atoms with Gasteiger partial charge in [-0.05, 0) is 26.0 Å². The number of aromatic nitrogens is 1. The van der Waals surface area contributed by atoms with E-state index in [-0.39, 0.29) is 12.4 Å². The van der Waals surface area contributed by atoms with Gasteiger partial charge in [-0.1, -0.05) is 42.5 Å². The van der Waals surface area contributed by atoms with Gasteiger partial charge in [-0.2, -0.15) is 0 Å². The first-order valence-electron chi connectivity index (χ1n) is 7.84. The number of hydrogen-bond donors (Lipinski definition) is 0. The third kappa shape index (κ3) is 4.00. The SMILES string of the molecule is Cc1nc(-c2ccc(C(=O)OCC(=O)c3ccccc3)cc2)c(C)s1. The van der Waals surface area contributed by atoms with E-state index in [2.05, 4.69) is 4.98 Å². The Kier molecular flexibility index (Phi) is 5.05. The minimum Gasteiger partial charge on any atom is -0.454 e. The van der Waals surface area contributed by atoms with Crippen LogP contribution in [-0.4, -0.2) is 23.3 Å². The molecular weight excluding hydrogens is 334 g/mol. The summed E-state index contributed by atoms with van der Waals surface area (Å²) in [4.78, 5) is 29.7. The molecule has 2 aromatic carbocycles. The molecule has 3 aromatic rings. The fourth-order valence-electron chi connectivity index (χ4n) is 2.48. The molecule has 1 heterocycles. The largest absolute Gasteiger partial charge is 0.454 e. The number of esters is 1. The van der Waals surface area contributed by atoms with Crippen molar-refractivity contribution < 1.29 is 14.3 Å². The molecule has 0 atom stereocenters. The molecule has 0 aliphatic carbocycles. The summed E-state index contributed by atoms with van der Waals surface area (Å²) in [5.41, 5.74) is 2.83. The zero-order valence-electron chi connectivity index (χ0n) is 14.0. The molecule has 0 radical (unpaired) electrons. The number of ketones is 1. The molecule has 25 heavy (non-hydrogen) atoms. The minimum atomic E-state index is -0.512. The average Bonchev–Trinajstić information content (AvgIpc) is 2.98. The normalized spacial score (nSPS) is 10.5. The molecule has 0 N–H and O–H groups in total. The lowest BCUT2D eigenvalue weighted by Crippen LogP contribution is -2.14. The van der Waals surface area contributed by atoms with Crippen LogP contribution in [0, 0.1) is 13.8 Å². The van der Waals surface area contributed by atoms with Gasteiger partial charge in [-0.25, -0.2) is 9.78 Å². The third-order valence-electron chi connectivity index (χ3n) is 3.73. The van der Waals surface area contributed by atoms with Crippen LogP contribution in [0.25, 0.3) is 11.3 Å². The molecule has 0 saturated carbocycles. The molecule has 1 aromatic heterocycles. The van der Waals surface area contributed by atoms with E-state index in [9.17, 15) is 9.59 Å². The highest BCUT2D eigenvalue weighted by atomic mass is 32.1. The van der Waals surface area contributed by atoms with Crippen LogP contribution in [0.5, 0.6) is 0 Å². The highest BCUT2D eigenvalue weighted by molar-refractivity contribution is 7.11. The summed E-state index contributed by atoms with van der Waals surface area (Å²) in [5, 5.41) is 1.01. The first-order valence-corrected chi connectivity index (χ1v) is 8.66. The monoisotopic (exact) mass is 351 g/mol. The molecule has 0 aliphatic heterocycles. The Bertz CT molecular complexity index is 898. The molecule has 0 spiro atoms. The number of rotatable bonds is 5. The maximum absolute atomic E-state index is 12.1.